The van der Waals surface area contributed by atoms with E-state index in [9.17, 15) is 4.79 Å². The van der Waals surface area contributed by atoms with Gasteiger partial charge in [0.05, 0.1) is 15.6 Å². The van der Waals surface area contributed by atoms with Crippen molar-refractivity contribution in [3.05, 3.63) is 51.1 Å². The summed E-state index contributed by atoms with van der Waals surface area (Å²) in [5, 5.41) is 0.610. The van der Waals surface area contributed by atoms with E-state index in [4.69, 9.17) is 23.2 Å². The van der Waals surface area contributed by atoms with Crippen LogP contribution in [-0.2, 0) is 19.0 Å². The molecule has 1 aromatic heterocycles. The zero-order valence-electron chi connectivity index (χ0n) is 15.7. The van der Waals surface area contributed by atoms with Gasteiger partial charge in [-0.25, -0.2) is 0 Å². The van der Waals surface area contributed by atoms with E-state index < -0.39 is 0 Å². The maximum Gasteiger partial charge on any atom is 0.280 e. The van der Waals surface area contributed by atoms with Crippen LogP contribution in [0, 0.1) is 5.92 Å². The lowest BCUT2D eigenvalue weighted by Gasteiger charge is -2.27. The lowest BCUT2D eigenvalue weighted by molar-refractivity contribution is 0.0996. The second kappa shape index (κ2) is 7.24. The Morgan fingerprint density at radius 1 is 1.27 bits per heavy atom. The van der Waals surface area contributed by atoms with E-state index in [2.05, 4.69) is 35.1 Å². The molecule has 1 amide bonds. The molecule has 0 aliphatic heterocycles. The van der Waals surface area contributed by atoms with Crippen molar-refractivity contribution in [1.29, 1.82) is 0 Å². The average molecular weight is 394 g/mol. The molecule has 1 aromatic carbocycles. The monoisotopic (exact) mass is 393 g/mol. The Morgan fingerprint density at radius 3 is 2.54 bits per heavy atom. The van der Waals surface area contributed by atoms with Crippen molar-refractivity contribution in [2.75, 3.05) is 0 Å². The summed E-state index contributed by atoms with van der Waals surface area (Å²) in [6.45, 7) is 7.36. The maximum absolute atomic E-state index is 12.7. The highest BCUT2D eigenvalue weighted by Crippen LogP contribution is 2.29. The number of benzene rings is 1. The van der Waals surface area contributed by atoms with E-state index in [1.54, 1.807) is 18.2 Å². The predicted molar refractivity (Wildman–Crippen MR) is 106 cm³/mol. The first-order chi connectivity index (χ1) is 12.2. The molecule has 0 bridgehead atoms. The molecular formula is C20H25Cl2N3O. The van der Waals surface area contributed by atoms with Crippen LogP contribution >= 0.6 is 23.2 Å². The number of carbonyl (C=O) groups is 1. The van der Waals surface area contributed by atoms with Gasteiger partial charge in [0.15, 0.2) is 5.49 Å². The molecule has 1 aliphatic carbocycles. The Labute approximate surface area is 164 Å². The second-order valence-corrected chi connectivity index (χ2v) is 8.84. The molecule has 0 atom stereocenters. The molecule has 0 saturated heterocycles. The molecule has 1 fully saturated rings. The maximum atomic E-state index is 12.7. The lowest BCUT2D eigenvalue weighted by atomic mass is 9.85. The van der Waals surface area contributed by atoms with Crippen LogP contribution in [0.2, 0.25) is 10.0 Å². The highest BCUT2D eigenvalue weighted by molar-refractivity contribution is 6.43. The summed E-state index contributed by atoms with van der Waals surface area (Å²) < 4.78 is 4.24. The first-order valence-electron chi connectivity index (χ1n) is 8.99. The van der Waals surface area contributed by atoms with E-state index in [1.807, 2.05) is 13.1 Å². The van der Waals surface area contributed by atoms with Crippen molar-refractivity contribution in [3.8, 4) is 0 Å². The van der Waals surface area contributed by atoms with Crippen molar-refractivity contribution in [1.82, 2.24) is 9.36 Å². The van der Waals surface area contributed by atoms with Gasteiger partial charge in [-0.2, -0.15) is 4.99 Å². The summed E-state index contributed by atoms with van der Waals surface area (Å²) in [6.07, 6.45) is 3.75. The van der Waals surface area contributed by atoms with Gasteiger partial charge in [-0.05, 0) is 30.9 Å². The number of hydrogen-bond donors (Lipinski definition) is 0. The molecule has 0 unspecified atom stereocenters. The number of rotatable bonds is 3. The van der Waals surface area contributed by atoms with E-state index >= 15 is 0 Å². The van der Waals surface area contributed by atoms with Gasteiger partial charge in [0.1, 0.15) is 0 Å². The van der Waals surface area contributed by atoms with Gasteiger partial charge in [0, 0.05) is 30.8 Å². The minimum absolute atomic E-state index is 0.0410. The summed E-state index contributed by atoms with van der Waals surface area (Å²) in [4.78, 5) is 17.1. The Hall–Kier alpha value is -1.52. The third-order valence-electron chi connectivity index (χ3n) is 5.06. The van der Waals surface area contributed by atoms with Crippen molar-refractivity contribution >= 4 is 29.1 Å². The van der Waals surface area contributed by atoms with E-state index in [1.165, 1.54) is 19.3 Å². The van der Waals surface area contributed by atoms with Crippen molar-refractivity contribution in [2.24, 2.45) is 18.0 Å². The van der Waals surface area contributed by atoms with Crippen LogP contribution in [0.1, 0.15) is 56.1 Å². The largest absolute Gasteiger partial charge is 0.291 e. The summed E-state index contributed by atoms with van der Waals surface area (Å²) >= 11 is 12.2. The zero-order valence-corrected chi connectivity index (χ0v) is 17.2. The molecule has 2 aromatic rings. The van der Waals surface area contributed by atoms with Crippen molar-refractivity contribution in [2.45, 2.75) is 52.0 Å². The summed E-state index contributed by atoms with van der Waals surface area (Å²) in [6, 6.07) is 7.04. The molecule has 1 saturated carbocycles. The van der Waals surface area contributed by atoms with Gasteiger partial charge in [0.2, 0.25) is 0 Å². The van der Waals surface area contributed by atoms with Crippen LogP contribution in [0.3, 0.4) is 0 Å². The smallest absolute Gasteiger partial charge is 0.280 e. The molecule has 1 aliphatic rings. The van der Waals surface area contributed by atoms with Crippen LogP contribution in [0.15, 0.2) is 29.3 Å². The Bertz CT molecular complexity index is 899. The van der Waals surface area contributed by atoms with Crippen LogP contribution in [0.25, 0.3) is 0 Å². The van der Waals surface area contributed by atoms with Gasteiger partial charge in [-0.1, -0.05) is 56.5 Å². The zero-order chi connectivity index (χ0) is 19.1. The molecular weight excluding hydrogens is 369 g/mol. The lowest BCUT2D eigenvalue weighted by Crippen LogP contribution is -2.30. The average Bonchev–Trinajstić information content (AvgIpc) is 2.82. The first kappa shape index (κ1) is 19.2. The number of carbonyl (C=O) groups excluding carboxylic acids is 1. The highest BCUT2D eigenvalue weighted by Gasteiger charge is 2.24. The topological polar surface area (TPSA) is 39.3 Å². The molecule has 0 spiro atoms. The summed E-state index contributed by atoms with van der Waals surface area (Å²) in [5.74, 6) is 0.283. The molecule has 0 N–H and O–H groups in total. The Morgan fingerprint density at radius 2 is 1.96 bits per heavy atom. The normalized spacial score (nSPS) is 16.0. The van der Waals surface area contributed by atoms with Gasteiger partial charge in [-0.3, -0.25) is 14.2 Å². The van der Waals surface area contributed by atoms with Gasteiger partial charge in [0.25, 0.3) is 5.91 Å². The van der Waals surface area contributed by atoms with E-state index in [0.29, 0.717) is 22.0 Å². The van der Waals surface area contributed by atoms with Crippen LogP contribution in [-0.4, -0.2) is 15.3 Å². The molecule has 1 heterocycles. The quantitative estimate of drug-likeness (QED) is 0.724. The molecule has 3 rings (SSSR count). The predicted octanol–water partition coefficient (Wildman–Crippen LogP) is 4.97. The van der Waals surface area contributed by atoms with Gasteiger partial charge in [-0.15, -0.1) is 0 Å². The molecule has 4 nitrogen and oxygen atoms in total. The third kappa shape index (κ3) is 3.77. The number of nitrogens with zero attached hydrogens (tertiary/aromatic N) is 3. The number of aromatic nitrogens is 2. The van der Waals surface area contributed by atoms with Crippen LogP contribution in [0.5, 0.6) is 0 Å². The second-order valence-electron chi connectivity index (χ2n) is 8.06. The van der Waals surface area contributed by atoms with Crippen molar-refractivity contribution in [3.63, 3.8) is 0 Å². The number of amides is 1. The van der Waals surface area contributed by atoms with E-state index in [0.717, 1.165) is 12.2 Å². The third-order valence-corrected chi connectivity index (χ3v) is 5.88. The summed E-state index contributed by atoms with van der Waals surface area (Å²) in [5.41, 5.74) is 2.10. The first-order valence-corrected chi connectivity index (χ1v) is 9.74. The molecule has 0 radical (unpaired) electrons. The fourth-order valence-corrected chi connectivity index (χ4v) is 3.72. The number of hydrogen-bond acceptors (Lipinski definition) is 1. The van der Waals surface area contributed by atoms with Crippen molar-refractivity contribution < 1.29 is 4.79 Å². The molecule has 6 heteroatoms. The number of halogens is 2. The molecule has 26 heavy (non-hydrogen) atoms. The standard InChI is InChI=1S/C20H25Cl2N3O/c1-20(2,3)16-11-17(25(24(16)4)12-13-7-5-8-13)23-19(26)14-9-6-10-15(21)18(14)22/h6,9-11,13H,5,7-8,12H2,1-4H3. The Balaban J connectivity index is 2.08. The minimum Gasteiger partial charge on any atom is -0.291 e. The highest BCUT2D eigenvalue weighted by atomic mass is 35.5. The van der Waals surface area contributed by atoms with Crippen LogP contribution < -0.4 is 5.49 Å². The summed E-state index contributed by atoms with van der Waals surface area (Å²) in [7, 11) is 2.04. The molecule has 140 valence electrons. The fraction of sp³-hybridized carbons (Fsp3) is 0.500. The van der Waals surface area contributed by atoms with Crippen LogP contribution in [0.4, 0.5) is 0 Å². The fourth-order valence-electron chi connectivity index (χ4n) is 3.34. The van der Waals surface area contributed by atoms with Gasteiger partial charge < -0.3 is 0 Å². The van der Waals surface area contributed by atoms with E-state index in [-0.39, 0.29) is 16.3 Å². The SMILES string of the molecule is Cn1c(C(C)(C)C)cc(=NC(=O)c2cccc(Cl)c2Cl)n1CC1CCC1. The van der Waals surface area contributed by atoms with Gasteiger partial charge >= 0.3 is 0 Å². The Kier molecular flexibility index (Phi) is 5.36. The minimum atomic E-state index is -0.370.